The van der Waals surface area contributed by atoms with Crippen LogP contribution in [0.15, 0.2) is 24.3 Å². The summed E-state index contributed by atoms with van der Waals surface area (Å²) in [7, 11) is 2.00. The van der Waals surface area contributed by atoms with Gasteiger partial charge in [-0.3, -0.25) is 0 Å². The van der Waals surface area contributed by atoms with Crippen LogP contribution in [0.1, 0.15) is 24.9 Å². The van der Waals surface area contributed by atoms with Crippen LogP contribution in [0.3, 0.4) is 0 Å². The molecular weight excluding hydrogens is 218 g/mol. The maximum Gasteiger partial charge on any atom is 0.124 e. The Bertz CT molecular complexity index is 304. The molecule has 1 aromatic carbocycles. The number of hydrogen-bond donors (Lipinski definition) is 1. The van der Waals surface area contributed by atoms with Crippen molar-refractivity contribution in [3.05, 3.63) is 29.8 Å². The van der Waals surface area contributed by atoms with Gasteiger partial charge in [-0.15, -0.1) is 0 Å². The van der Waals surface area contributed by atoms with Gasteiger partial charge in [-0.25, -0.2) is 0 Å². The lowest BCUT2D eigenvalue weighted by Gasteiger charge is -2.19. The summed E-state index contributed by atoms with van der Waals surface area (Å²) in [4.78, 5) is 0. The zero-order valence-electron chi connectivity index (χ0n) is 10.3. The van der Waals surface area contributed by atoms with Gasteiger partial charge in [0.25, 0.3) is 0 Å². The van der Waals surface area contributed by atoms with Crippen LogP contribution < -0.4 is 10.1 Å². The first-order valence-corrected chi connectivity index (χ1v) is 7.10. The summed E-state index contributed by atoms with van der Waals surface area (Å²) in [6.45, 7) is 2.91. The first kappa shape index (κ1) is 13.4. The third kappa shape index (κ3) is 3.72. The molecule has 0 saturated carbocycles. The summed E-state index contributed by atoms with van der Waals surface area (Å²) < 4.78 is 5.77. The Kier molecular flexibility index (Phi) is 6.34. The lowest BCUT2D eigenvalue weighted by atomic mass is 10.1. The molecule has 16 heavy (non-hydrogen) atoms. The second-order valence-corrected chi connectivity index (χ2v) is 4.59. The largest absolute Gasteiger partial charge is 0.493 e. The Morgan fingerprint density at radius 3 is 2.75 bits per heavy atom. The molecule has 0 saturated heterocycles. The number of ether oxygens (including phenoxy) is 1. The number of hydrogen-bond acceptors (Lipinski definition) is 3. The van der Waals surface area contributed by atoms with Crippen LogP contribution in [-0.2, 0) is 0 Å². The second kappa shape index (κ2) is 7.58. The molecule has 0 heterocycles. The van der Waals surface area contributed by atoms with Crippen molar-refractivity contribution in [3.63, 3.8) is 0 Å². The monoisotopic (exact) mass is 239 g/mol. The van der Waals surface area contributed by atoms with E-state index in [4.69, 9.17) is 4.74 Å². The molecular formula is C13H21NOS. The lowest BCUT2D eigenvalue weighted by Crippen LogP contribution is -2.19. The summed E-state index contributed by atoms with van der Waals surface area (Å²) in [6, 6.07) is 8.65. The molecule has 0 aromatic heterocycles. The normalized spacial score (nSPS) is 12.4. The van der Waals surface area contributed by atoms with Gasteiger partial charge < -0.3 is 10.1 Å². The number of para-hydroxylation sites is 1. The first-order chi connectivity index (χ1) is 7.83. The molecule has 90 valence electrons. The van der Waals surface area contributed by atoms with Gasteiger partial charge in [-0.05, 0) is 25.8 Å². The summed E-state index contributed by atoms with van der Waals surface area (Å²) >= 11 is 1.84. The molecule has 2 nitrogen and oxygen atoms in total. The van der Waals surface area contributed by atoms with Crippen molar-refractivity contribution >= 4 is 11.8 Å². The van der Waals surface area contributed by atoms with E-state index in [-0.39, 0.29) is 0 Å². The molecule has 0 aliphatic carbocycles. The molecule has 0 aliphatic heterocycles. The van der Waals surface area contributed by atoms with Gasteiger partial charge in [0.15, 0.2) is 0 Å². The van der Waals surface area contributed by atoms with Gasteiger partial charge in [0.1, 0.15) is 5.75 Å². The first-order valence-electron chi connectivity index (χ1n) is 5.71. The summed E-state index contributed by atoms with van der Waals surface area (Å²) in [5.74, 6) is 2.07. The van der Waals surface area contributed by atoms with Crippen molar-refractivity contribution in [2.75, 3.05) is 25.7 Å². The topological polar surface area (TPSA) is 21.3 Å². The molecule has 1 aromatic rings. The SMILES string of the molecule is CCCOc1ccccc1C(CSC)NC. The molecule has 0 radical (unpaired) electrons. The van der Waals surface area contributed by atoms with Gasteiger partial charge in [0, 0.05) is 17.4 Å². The van der Waals surface area contributed by atoms with Crippen molar-refractivity contribution in [2.24, 2.45) is 0 Å². The number of nitrogens with one attached hydrogen (secondary N) is 1. The molecule has 0 spiro atoms. The van der Waals surface area contributed by atoms with Crippen molar-refractivity contribution < 1.29 is 4.74 Å². The van der Waals surface area contributed by atoms with Crippen molar-refractivity contribution in [1.29, 1.82) is 0 Å². The Morgan fingerprint density at radius 1 is 1.38 bits per heavy atom. The second-order valence-electron chi connectivity index (χ2n) is 3.68. The number of rotatable bonds is 7. The van der Waals surface area contributed by atoms with Gasteiger partial charge in [-0.2, -0.15) is 11.8 Å². The van der Waals surface area contributed by atoms with E-state index >= 15 is 0 Å². The Labute approximate surface area is 103 Å². The minimum absolute atomic E-state index is 0.364. The quantitative estimate of drug-likeness (QED) is 0.790. The van der Waals surface area contributed by atoms with Crippen LogP contribution in [0.5, 0.6) is 5.75 Å². The standard InChI is InChI=1S/C13H21NOS/c1-4-9-15-13-8-6-5-7-11(13)12(14-2)10-16-3/h5-8,12,14H,4,9-10H2,1-3H3. The van der Waals surface area contributed by atoms with E-state index in [1.807, 2.05) is 24.9 Å². The molecule has 3 heteroatoms. The molecule has 0 amide bonds. The van der Waals surface area contributed by atoms with Crippen LogP contribution in [-0.4, -0.2) is 25.7 Å². The maximum absolute atomic E-state index is 5.77. The predicted molar refractivity (Wildman–Crippen MR) is 72.4 cm³/mol. The number of thioether (sulfide) groups is 1. The summed E-state index contributed by atoms with van der Waals surface area (Å²) in [5, 5.41) is 3.34. The van der Waals surface area contributed by atoms with Crippen molar-refractivity contribution in [3.8, 4) is 5.75 Å². The van der Waals surface area contributed by atoms with E-state index in [1.54, 1.807) is 0 Å². The van der Waals surface area contributed by atoms with Crippen molar-refractivity contribution in [2.45, 2.75) is 19.4 Å². The molecule has 1 unspecified atom stereocenters. The number of benzene rings is 1. The minimum Gasteiger partial charge on any atom is -0.493 e. The molecule has 0 fully saturated rings. The van der Waals surface area contributed by atoms with E-state index in [1.165, 1.54) is 5.56 Å². The molecule has 1 rings (SSSR count). The highest BCUT2D eigenvalue weighted by Crippen LogP contribution is 2.26. The zero-order valence-corrected chi connectivity index (χ0v) is 11.1. The van der Waals surface area contributed by atoms with Crippen LogP contribution in [0.25, 0.3) is 0 Å². The zero-order chi connectivity index (χ0) is 11.8. The molecule has 0 bridgehead atoms. The highest BCUT2D eigenvalue weighted by atomic mass is 32.2. The van der Waals surface area contributed by atoms with E-state index in [0.717, 1.165) is 24.5 Å². The highest BCUT2D eigenvalue weighted by Gasteiger charge is 2.13. The fourth-order valence-corrected chi connectivity index (χ4v) is 2.29. The molecule has 0 aliphatic rings. The Morgan fingerprint density at radius 2 is 2.12 bits per heavy atom. The maximum atomic E-state index is 5.77. The highest BCUT2D eigenvalue weighted by molar-refractivity contribution is 7.98. The average Bonchev–Trinajstić information content (AvgIpc) is 2.34. The third-order valence-corrected chi connectivity index (χ3v) is 3.10. The third-order valence-electron chi connectivity index (χ3n) is 2.44. The summed E-state index contributed by atoms with van der Waals surface area (Å²) in [6.07, 6.45) is 3.17. The van der Waals surface area contributed by atoms with Gasteiger partial charge in [-0.1, -0.05) is 25.1 Å². The van der Waals surface area contributed by atoms with Gasteiger partial charge >= 0.3 is 0 Å². The van der Waals surface area contributed by atoms with Crippen LogP contribution in [0, 0.1) is 0 Å². The van der Waals surface area contributed by atoms with Gasteiger partial charge in [0.2, 0.25) is 0 Å². The average molecular weight is 239 g/mol. The fraction of sp³-hybridized carbons (Fsp3) is 0.538. The molecule has 1 atom stereocenters. The van der Waals surface area contributed by atoms with Crippen molar-refractivity contribution in [1.82, 2.24) is 5.32 Å². The van der Waals surface area contributed by atoms with Crippen LogP contribution in [0.4, 0.5) is 0 Å². The fourth-order valence-electron chi connectivity index (χ4n) is 1.61. The van der Waals surface area contributed by atoms with E-state index in [9.17, 15) is 0 Å². The van der Waals surface area contributed by atoms with Crippen LogP contribution >= 0.6 is 11.8 Å². The Balaban J connectivity index is 2.82. The van der Waals surface area contributed by atoms with E-state index < -0.39 is 0 Å². The van der Waals surface area contributed by atoms with Gasteiger partial charge in [0.05, 0.1) is 6.61 Å². The Hall–Kier alpha value is -0.670. The summed E-state index contributed by atoms with van der Waals surface area (Å²) in [5.41, 5.74) is 1.26. The predicted octanol–water partition coefficient (Wildman–Crippen LogP) is 3.10. The lowest BCUT2D eigenvalue weighted by molar-refractivity contribution is 0.311. The van der Waals surface area contributed by atoms with E-state index in [2.05, 4.69) is 36.7 Å². The van der Waals surface area contributed by atoms with E-state index in [0.29, 0.717) is 6.04 Å². The smallest absolute Gasteiger partial charge is 0.124 e. The minimum atomic E-state index is 0.364. The van der Waals surface area contributed by atoms with Crippen LogP contribution in [0.2, 0.25) is 0 Å². The molecule has 1 N–H and O–H groups in total.